The van der Waals surface area contributed by atoms with Gasteiger partial charge in [-0.2, -0.15) is 0 Å². The molecule has 14 heavy (non-hydrogen) atoms. The second-order valence-corrected chi connectivity index (χ2v) is 2.70. The Kier molecular flexibility index (Phi) is 4.44. The minimum Gasteiger partial charge on any atom is -0.460 e. The third kappa shape index (κ3) is 3.87. The first kappa shape index (κ1) is 10.5. The summed E-state index contributed by atoms with van der Waals surface area (Å²) in [5.41, 5.74) is 6.15. The van der Waals surface area contributed by atoms with E-state index in [1.807, 2.05) is 36.4 Å². The molecule has 0 aliphatic carbocycles. The molecule has 0 spiro atoms. The minimum atomic E-state index is -0.386. The van der Waals surface area contributed by atoms with Crippen molar-refractivity contribution in [2.75, 3.05) is 13.2 Å². The molecule has 0 saturated carbocycles. The Morgan fingerprint density at radius 1 is 1.36 bits per heavy atom. The van der Waals surface area contributed by atoms with Crippen molar-refractivity contribution in [1.29, 1.82) is 0 Å². The van der Waals surface area contributed by atoms with E-state index in [2.05, 4.69) is 0 Å². The summed E-state index contributed by atoms with van der Waals surface area (Å²) in [6.07, 6.45) is 3.67. The molecular weight excluding hydrogens is 178 g/mol. The van der Waals surface area contributed by atoms with Crippen molar-refractivity contribution in [3.05, 3.63) is 42.0 Å². The lowest BCUT2D eigenvalue weighted by molar-refractivity contribution is -0.140. The summed E-state index contributed by atoms with van der Waals surface area (Å²) < 4.78 is 4.76. The van der Waals surface area contributed by atoms with E-state index in [4.69, 9.17) is 10.5 Å². The second kappa shape index (κ2) is 5.94. The zero-order valence-electron chi connectivity index (χ0n) is 7.85. The molecule has 74 valence electrons. The number of esters is 1. The van der Waals surface area contributed by atoms with E-state index < -0.39 is 0 Å². The van der Waals surface area contributed by atoms with Crippen LogP contribution in [0.15, 0.2) is 36.4 Å². The average molecular weight is 191 g/mol. The summed E-state index contributed by atoms with van der Waals surface area (Å²) in [4.78, 5) is 10.6. The SMILES string of the molecule is NCC(=O)OC/C=C/c1ccccc1. The van der Waals surface area contributed by atoms with Crippen LogP contribution in [-0.4, -0.2) is 19.1 Å². The van der Waals surface area contributed by atoms with Crippen molar-refractivity contribution in [3.8, 4) is 0 Å². The van der Waals surface area contributed by atoms with Crippen LogP contribution in [-0.2, 0) is 9.53 Å². The first-order valence-corrected chi connectivity index (χ1v) is 4.40. The third-order valence-electron chi connectivity index (χ3n) is 1.62. The van der Waals surface area contributed by atoms with E-state index in [0.29, 0.717) is 0 Å². The van der Waals surface area contributed by atoms with Gasteiger partial charge in [0.2, 0.25) is 0 Å². The average Bonchev–Trinajstić information content (AvgIpc) is 2.25. The van der Waals surface area contributed by atoms with Crippen LogP contribution in [0.25, 0.3) is 6.08 Å². The Morgan fingerprint density at radius 2 is 2.07 bits per heavy atom. The maximum atomic E-state index is 10.6. The molecule has 0 saturated heterocycles. The molecule has 0 fully saturated rings. The fourth-order valence-electron chi connectivity index (χ4n) is 0.948. The molecule has 3 nitrogen and oxygen atoms in total. The lowest BCUT2D eigenvalue weighted by Gasteiger charge is -1.97. The van der Waals surface area contributed by atoms with Crippen molar-refractivity contribution in [2.45, 2.75) is 0 Å². The summed E-state index contributed by atoms with van der Waals surface area (Å²) in [6.45, 7) is 0.199. The van der Waals surface area contributed by atoms with Crippen LogP contribution < -0.4 is 5.73 Å². The van der Waals surface area contributed by atoms with Crippen LogP contribution >= 0.6 is 0 Å². The minimum absolute atomic E-state index is 0.0703. The highest BCUT2D eigenvalue weighted by molar-refractivity contribution is 5.71. The fraction of sp³-hybridized carbons (Fsp3) is 0.182. The van der Waals surface area contributed by atoms with Gasteiger partial charge in [0.15, 0.2) is 0 Å². The van der Waals surface area contributed by atoms with Crippen molar-refractivity contribution < 1.29 is 9.53 Å². The van der Waals surface area contributed by atoms with Gasteiger partial charge in [0, 0.05) is 0 Å². The maximum Gasteiger partial charge on any atom is 0.320 e. The number of carbonyl (C=O) groups is 1. The molecule has 0 aromatic heterocycles. The van der Waals surface area contributed by atoms with Crippen molar-refractivity contribution in [2.24, 2.45) is 5.73 Å². The van der Waals surface area contributed by atoms with E-state index in [1.54, 1.807) is 6.08 Å². The number of benzene rings is 1. The molecule has 1 rings (SSSR count). The molecular formula is C11H13NO2. The van der Waals surface area contributed by atoms with Gasteiger partial charge < -0.3 is 10.5 Å². The topological polar surface area (TPSA) is 52.3 Å². The smallest absolute Gasteiger partial charge is 0.320 e. The number of carbonyl (C=O) groups excluding carboxylic acids is 1. The Bertz CT molecular complexity index is 306. The Morgan fingerprint density at radius 3 is 2.71 bits per heavy atom. The van der Waals surface area contributed by atoms with Crippen LogP contribution in [0.3, 0.4) is 0 Å². The van der Waals surface area contributed by atoms with Gasteiger partial charge in [-0.25, -0.2) is 0 Å². The summed E-state index contributed by atoms with van der Waals surface area (Å²) in [5, 5.41) is 0. The van der Waals surface area contributed by atoms with E-state index in [9.17, 15) is 4.79 Å². The maximum absolute atomic E-state index is 10.6. The lowest BCUT2D eigenvalue weighted by Crippen LogP contribution is -2.16. The fourth-order valence-corrected chi connectivity index (χ4v) is 0.948. The molecule has 0 amide bonds. The second-order valence-electron chi connectivity index (χ2n) is 2.70. The van der Waals surface area contributed by atoms with Crippen molar-refractivity contribution in [3.63, 3.8) is 0 Å². The van der Waals surface area contributed by atoms with Gasteiger partial charge in [-0.05, 0) is 11.6 Å². The molecule has 0 aliphatic rings. The number of ether oxygens (including phenoxy) is 1. The molecule has 0 heterocycles. The highest BCUT2D eigenvalue weighted by atomic mass is 16.5. The summed E-state index contributed by atoms with van der Waals surface area (Å²) in [6, 6.07) is 9.80. The highest BCUT2D eigenvalue weighted by Gasteiger charge is 1.93. The molecule has 0 atom stereocenters. The third-order valence-corrected chi connectivity index (χ3v) is 1.62. The van der Waals surface area contributed by atoms with Gasteiger partial charge in [-0.1, -0.05) is 36.4 Å². The molecule has 0 bridgehead atoms. The predicted octanol–water partition coefficient (Wildman–Crippen LogP) is 1.20. The van der Waals surface area contributed by atoms with Crippen LogP contribution in [0.5, 0.6) is 0 Å². The van der Waals surface area contributed by atoms with Crippen LogP contribution in [0.4, 0.5) is 0 Å². The van der Waals surface area contributed by atoms with Gasteiger partial charge >= 0.3 is 5.97 Å². The normalized spacial score (nSPS) is 10.4. The van der Waals surface area contributed by atoms with Gasteiger partial charge in [-0.3, -0.25) is 4.79 Å². The molecule has 2 N–H and O–H groups in total. The number of rotatable bonds is 4. The summed E-state index contributed by atoms with van der Waals surface area (Å²) >= 11 is 0. The zero-order valence-corrected chi connectivity index (χ0v) is 7.85. The molecule has 1 aromatic carbocycles. The van der Waals surface area contributed by atoms with E-state index >= 15 is 0 Å². The summed E-state index contributed by atoms with van der Waals surface area (Å²) in [5.74, 6) is -0.386. The molecule has 1 aromatic rings. The predicted molar refractivity (Wildman–Crippen MR) is 55.5 cm³/mol. The highest BCUT2D eigenvalue weighted by Crippen LogP contribution is 2.00. The molecule has 0 radical (unpaired) electrons. The molecule has 0 aliphatic heterocycles. The zero-order chi connectivity index (χ0) is 10.2. The Hall–Kier alpha value is -1.61. The van der Waals surface area contributed by atoms with Gasteiger partial charge in [0.05, 0.1) is 6.54 Å². The van der Waals surface area contributed by atoms with Gasteiger partial charge in [0.25, 0.3) is 0 Å². The van der Waals surface area contributed by atoms with E-state index in [1.165, 1.54) is 0 Å². The quantitative estimate of drug-likeness (QED) is 0.727. The van der Waals surface area contributed by atoms with Gasteiger partial charge in [0.1, 0.15) is 6.61 Å². The first-order chi connectivity index (χ1) is 6.83. The first-order valence-electron chi connectivity index (χ1n) is 4.40. The van der Waals surface area contributed by atoms with Crippen LogP contribution in [0.2, 0.25) is 0 Å². The van der Waals surface area contributed by atoms with Crippen LogP contribution in [0, 0.1) is 0 Å². The van der Waals surface area contributed by atoms with Crippen molar-refractivity contribution in [1.82, 2.24) is 0 Å². The molecule has 0 unspecified atom stereocenters. The molecule has 3 heteroatoms. The Balaban J connectivity index is 2.31. The van der Waals surface area contributed by atoms with E-state index in [-0.39, 0.29) is 19.1 Å². The van der Waals surface area contributed by atoms with Crippen molar-refractivity contribution >= 4 is 12.0 Å². The van der Waals surface area contributed by atoms with Gasteiger partial charge in [-0.15, -0.1) is 0 Å². The standard InChI is InChI=1S/C11H13NO2/c12-9-11(13)14-8-4-7-10-5-2-1-3-6-10/h1-7H,8-9,12H2/b7-4+. The lowest BCUT2D eigenvalue weighted by atomic mass is 10.2. The number of nitrogens with two attached hydrogens (primary N) is 1. The largest absolute Gasteiger partial charge is 0.460 e. The monoisotopic (exact) mass is 191 g/mol. The number of hydrogen-bond donors (Lipinski definition) is 1. The van der Waals surface area contributed by atoms with E-state index in [0.717, 1.165) is 5.56 Å². The summed E-state index contributed by atoms with van der Waals surface area (Å²) in [7, 11) is 0. The van der Waals surface area contributed by atoms with Crippen LogP contribution in [0.1, 0.15) is 5.56 Å². The Labute approximate surface area is 83.2 Å². The number of hydrogen-bond acceptors (Lipinski definition) is 3.